The molecule has 1 saturated heterocycles. The number of methoxy groups -OCH3 is 1. The van der Waals surface area contributed by atoms with Crippen molar-refractivity contribution in [1.82, 2.24) is 5.32 Å². The number of aliphatic hydroxyl groups is 3. The highest BCUT2D eigenvalue weighted by atomic mass is 16.7. The maximum absolute atomic E-state index is 11.6. The minimum Gasteiger partial charge on any atom is -0.492 e. The highest BCUT2D eigenvalue weighted by Gasteiger charge is 2.49. The molecule has 12 heteroatoms. The zero-order valence-electron chi connectivity index (χ0n) is 25.8. The molecule has 3 aliphatic rings. The number of rotatable bonds is 11. The average Bonchev–Trinajstić information content (AvgIpc) is 3.43. The molecule has 0 amide bonds. The maximum Gasteiger partial charge on any atom is 0.335 e. The highest BCUT2D eigenvalue weighted by Crippen LogP contribution is 2.58. The minimum absolute atomic E-state index is 0.152. The smallest absolute Gasteiger partial charge is 0.335 e. The molecule has 0 bridgehead atoms. The van der Waals surface area contributed by atoms with Crippen LogP contribution in [0.5, 0.6) is 28.7 Å². The molecule has 0 radical (unpaired) electrons. The second kappa shape index (κ2) is 13.3. The number of ether oxygens (including phenoxy) is 6. The number of nitrogens with one attached hydrogen (secondary N) is 1. The molecule has 246 valence electrons. The Morgan fingerprint density at radius 2 is 1.83 bits per heavy atom. The number of carbonyl (C=O) groups is 1. The van der Waals surface area contributed by atoms with Crippen molar-refractivity contribution in [2.45, 2.75) is 63.0 Å². The van der Waals surface area contributed by atoms with Gasteiger partial charge in [-0.05, 0) is 42.1 Å². The molecule has 46 heavy (non-hydrogen) atoms. The van der Waals surface area contributed by atoms with E-state index in [2.05, 4.69) is 19.2 Å². The van der Waals surface area contributed by atoms with Gasteiger partial charge in [0.25, 0.3) is 0 Å². The molecule has 3 aromatic rings. The summed E-state index contributed by atoms with van der Waals surface area (Å²) in [6.07, 6.45) is -8.12. The van der Waals surface area contributed by atoms with Gasteiger partial charge in [-0.1, -0.05) is 50.2 Å². The van der Waals surface area contributed by atoms with E-state index < -0.39 is 42.8 Å². The van der Waals surface area contributed by atoms with E-state index in [9.17, 15) is 25.2 Å². The Kier molecular flexibility index (Phi) is 9.25. The third-order valence-corrected chi connectivity index (χ3v) is 8.52. The Hall–Kier alpha value is -4.07. The van der Waals surface area contributed by atoms with Gasteiger partial charge in [-0.2, -0.15) is 0 Å². The van der Waals surface area contributed by atoms with Crippen molar-refractivity contribution in [2.24, 2.45) is 5.92 Å². The molecule has 3 heterocycles. The number of carboxylic acid groups (broad SMARTS) is 1. The summed E-state index contributed by atoms with van der Waals surface area (Å²) in [7, 11) is 1.58. The van der Waals surface area contributed by atoms with Gasteiger partial charge in [0.05, 0.1) is 19.6 Å². The van der Waals surface area contributed by atoms with Crippen LogP contribution in [0, 0.1) is 5.92 Å². The maximum atomic E-state index is 11.6. The van der Waals surface area contributed by atoms with Crippen molar-refractivity contribution < 1.29 is 53.6 Å². The lowest BCUT2D eigenvalue weighted by molar-refractivity contribution is -0.271. The largest absolute Gasteiger partial charge is 0.492 e. The van der Waals surface area contributed by atoms with Crippen LogP contribution in [0.1, 0.15) is 43.4 Å². The van der Waals surface area contributed by atoms with Gasteiger partial charge in [-0.25, -0.2) is 4.79 Å². The van der Waals surface area contributed by atoms with Crippen molar-refractivity contribution in [1.29, 1.82) is 0 Å². The van der Waals surface area contributed by atoms with Crippen LogP contribution in [0.2, 0.25) is 0 Å². The van der Waals surface area contributed by atoms with E-state index in [-0.39, 0.29) is 18.3 Å². The number of hydrogen-bond donors (Lipinski definition) is 5. The van der Waals surface area contributed by atoms with Gasteiger partial charge in [0.1, 0.15) is 42.6 Å². The van der Waals surface area contributed by atoms with E-state index in [4.69, 9.17) is 28.4 Å². The lowest BCUT2D eigenvalue weighted by Crippen LogP contribution is -2.61. The van der Waals surface area contributed by atoms with Crippen molar-refractivity contribution >= 4 is 5.97 Å². The molecular formula is C34H39NO11. The zero-order chi connectivity index (χ0) is 32.5. The molecular weight excluding hydrogens is 598 g/mol. The summed E-state index contributed by atoms with van der Waals surface area (Å²) in [6.45, 7) is 5.79. The van der Waals surface area contributed by atoms with Crippen LogP contribution in [0.3, 0.4) is 0 Å². The second-order valence-corrected chi connectivity index (χ2v) is 12.0. The first-order valence-corrected chi connectivity index (χ1v) is 15.3. The summed E-state index contributed by atoms with van der Waals surface area (Å²) in [6, 6.07) is 16.7. The van der Waals surface area contributed by atoms with E-state index in [1.165, 1.54) is 0 Å². The van der Waals surface area contributed by atoms with Gasteiger partial charge in [-0.15, -0.1) is 0 Å². The predicted molar refractivity (Wildman–Crippen MR) is 164 cm³/mol. The monoisotopic (exact) mass is 637 g/mol. The van der Waals surface area contributed by atoms with Crippen molar-refractivity contribution in [3.63, 3.8) is 0 Å². The number of aliphatic hydroxyl groups excluding tert-OH is 3. The predicted octanol–water partition coefficient (Wildman–Crippen LogP) is 3.21. The molecule has 0 aliphatic carbocycles. The minimum atomic E-state index is -1.83. The lowest BCUT2D eigenvalue weighted by Gasteiger charge is -2.38. The molecule has 0 aromatic heterocycles. The van der Waals surface area contributed by atoms with Crippen LogP contribution in [0.25, 0.3) is 11.1 Å². The van der Waals surface area contributed by atoms with Gasteiger partial charge in [0.2, 0.25) is 12.0 Å². The Morgan fingerprint density at radius 1 is 1.04 bits per heavy atom. The normalized spacial score (nSPS) is 26.3. The van der Waals surface area contributed by atoms with Crippen molar-refractivity contribution in [2.75, 3.05) is 27.0 Å². The molecule has 3 aromatic carbocycles. The fraction of sp³-hybridized carbons (Fsp3) is 0.441. The molecule has 0 unspecified atom stereocenters. The van der Waals surface area contributed by atoms with Crippen LogP contribution >= 0.6 is 0 Å². The molecule has 0 spiro atoms. The fourth-order valence-corrected chi connectivity index (χ4v) is 6.08. The first kappa shape index (κ1) is 31.9. The molecule has 5 N–H and O–H groups in total. The van der Waals surface area contributed by atoms with Gasteiger partial charge in [-0.3, -0.25) is 5.32 Å². The summed E-state index contributed by atoms with van der Waals surface area (Å²) in [4.78, 5) is 11.6. The standard InChI is InChI=1S/C34H39NO11/c1-17(2)11-12-35-16-43-23-10-9-20-22-15-42-24-14-19(44-34-28(38)26(36)27(37)32(46-34)33(39)40)13-21(18-7-5-4-6-8-18)25(24)29(22)45-30(20)31(23)41-3/h4-10,13-14,17,22,26-29,32,34-38H,11-12,15-16H2,1-3H3,(H,39,40)/t22-,26-,27-,28+,29+,32-,34+/m0/s1. The number of aliphatic carboxylic acids is 1. The van der Waals surface area contributed by atoms with Gasteiger partial charge >= 0.3 is 5.97 Å². The Bertz CT molecular complexity index is 1550. The molecule has 1 fully saturated rings. The van der Waals surface area contributed by atoms with Gasteiger partial charge < -0.3 is 48.8 Å². The Balaban J connectivity index is 1.31. The summed E-state index contributed by atoms with van der Waals surface area (Å²) in [5.74, 6) is 1.24. The van der Waals surface area contributed by atoms with Crippen LogP contribution in [0.15, 0.2) is 54.6 Å². The van der Waals surface area contributed by atoms with E-state index in [1.54, 1.807) is 19.2 Å². The first-order chi connectivity index (χ1) is 22.2. The van der Waals surface area contributed by atoms with Crippen LogP contribution in [0.4, 0.5) is 0 Å². The van der Waals surface area contributed by atoms with E-state index in [0.29, 0.717) is 35.6 Å². The fourth-order valence-electron chi connectivity index (χ4n) is 6.08. The quantitative estimate of drug-likeness (QED) is 0.154. The number of fused-ring (bicyclic) bond motifs is 5. The third-order valence-electron chi connectivity index (χ3n) is 8.52. The SMILES string of the molecule is COc1c(OCNCCC(C)C)ccc2c1O[C@H]1c3c(cc(O[C@@H]4O[C@H](C(=O)O)[C@@H](O)[C@H](O)[C@H]4O)cc3-c3ccccc3)OC[C@@H]21. The van der Waals surface area contributed by atoms with Gasteiger partial charge in [0.15, 0.2) is 17.6 Å². The number of benzene rings is 3. The van der Waals surface area contributed by atoms with Crippen LogP contribution in [-0.2, 0) is 9.53 Å². The van der Waals surface area contributed by atoms with Crippen molar-refractivity contribution in [3.8, 4) is 39.9 Å². The molecule has 12 nitrogen and oxygen atoms in total. The summed E-state index contributed by atoms with van der Waals surface area (Å²) in [5.41, 5.74) is 3.26. The topological polar surface area (TPSA) is 165 Å². The first-order valence-electron chi connectivity index (χ1n) is 15.3. The summed E-state index contributed by atoms with van der Waals surface area (Å²) in [5, 5.41) is 43.7. The number of carboxylic acids is 1. The third kappa shape index (κ3) is 6.06. The Morgan fingerprint density at radius 3 is 2.54 bits per heavy atom. The molecule has 7 atom stereocenters. The lowest BCUT2D eigenvalue weighted by atomic mass is 9.85. The van der Waals surface area contributed by atoms with Gasteiger partial charge in [0, 0.05) is 17.2 Å². The van der Waals surface area contributed by atoms with Crippen LogP contribution < -0.4 is 29.0 Å². The van der Waals surface area contributed by atoms with E-state index in [0.717, 1.165) is 35.2 Å². The molecule has 3 aliphatic heterocycles. The number of hydrogen-bond acceptors (Lipinski definition) is 11. The van der Waals surface area contributed by atoms with E-state index in [1.807, 2.05) is 42.5 Å². The zero-order valence-corrected chi connectivity index (χ0v) is 25.8. The van der Waals surface area contributed by atoms with Crippen LogP contribution in [-0.4, -0.2) is 84.1 Å². The highest BCUT2D eigenvalue weighted by molar-refractivity contribution is 5.75. The van der Waals surface area contributed by atoms with Crippen molar-refractivity contribution in [3.05, 3.63) is 65.7 Å². The Labute approximate surface area is 266 Å². The summed E-state index contributed by atoms with van der Waals surface area (Å²) < 4.78 is 36.0. The average molecular weight is 638 g/mol. The summed E-state index contributed by atoms with van der Waals surface area (Å²) >= 11 is 0. The molecule has 0 saturated carbocycles. The molecule has 6 rings (SSSR count). The second-order valence-electron chi connectivity index (χ2n) is 12.0. The van der Waals surface area contributed by atoms with E-state index >= 15 is 0 Å².